The van der Waals surface area contributed by atoms with E-state index >= 15 is 0 Å². The van der Waals surface area contributed by atoms with E-state index in [0.717, 1.165) is 0 Å². The molecule has 0 unspecified atom stereocenters. The van der Waals surface area contributed by atoms with E-state index in [4.69, 9.17) is 128 Å². The second kappa shape index (κ2) is 32.2. The lowest BCUT2D eigenvalue weighted by atomic mass is 9.94. The van der Waals surface area contributed by atoms with Crippen LogP contribution in [0.3, 0.4) is 0 Å². The molecular formula is C51H90O30. The van der Waals surface area contributed by atoms with Gasteiger partial charge in [-0.05, 0) is 0 Å². The molecule has 30 atom stereocenters. The predicted molar refractivity (Wildman–Crippen MR) is 268 cm³/mol. The molecular weight excluding hydrogens is 1090 g/mol. The highest BCUT2D eigenvalue weighted by Gasteiger charge is 2.61. The standard InChI is InChI=1S/C51H90O30/c1-55-19-25-31-37(61-7)43(67-13)49(73-25)76-28-22(16-52)71-47(41(65-11)34(28)58-4)80-32-26(20-56-2)75-51(45(69-15)38(32)62-8)78-30-24(18-54)72-48(42(66-12)36(30)60-6)81-33-27(21-57-3)74-50(44(68-14)39(33)63-9)77-29-23(17-53)70-46(79-31)40(64-10)35(29)59-5/h22-54H,16-21H2,1-15H3/t22-,23-,24-,25-,26-,27-,28-,29-,30-,31-,32-,33-,34+,35+,36+,37+,38+,39+,40-,41-,42-,43-,44-,45-,46-,47-,48-,49-,50-,51-/m1/s1. The van der Waals surface area contributed by atoms with E-state index in [1.165, 1.54) is 107 Å². The van der Waals surface area contributed by atoms with Gasteiger partial charge in [-0.15, -0.1) is 0 Å². The maximum absolute atomic E-state index is 11.1. The Morgan fingerprint density at radius 1 is 0.210 bits per heavy atom. The Balaban J connectivity index is 1.33. The maximum atomic E-state index is 11.1. The second-order valence-corrected chi connectivity index (χ2v) is 20.2. The average molecular weight is 1180 g/mol. The SMILES string of the molecule is COC[C@H]1O[C@@H]2O[C@H]3[C@H](OC)[C@@H](OC)[C@@H](O[C@H]4[C@H](OC)[C@@H](OC)[C@@H](O[C@H]5[C@H](OC)[C@@H](OC)[C@@H](O[C@H]6[C@H](OC)[C@@H](OC)[C@@H](O[C@H]7[C@H](OC)[C@@H](OC)[C@@H](O[C@H]1[C@H](OC)[C@H]2OC)O[C@@H]7CO)O[C@@H]6COC)O[C@@H]5CO)O[C@@H]4COC)O[C@@H]3CO. The summed E-state index contributed by atoms with van der Waals surface area (Å²) in [5.74, 6) is 0. The molecule has 0 aromatic rings. The Bertz CT molecular complexity index is 1590. The van der Waals surface area contributed by atoms with Gasteiger partial charge < -0.3 is 143 Å². The van der Waals surface area contributed by atoms with Gasteiger partial charge in [0.25, 0.3) is 0 Å². The minimum atomic E-state index is -1.29. The van der Waals surface area contributed by atoms with Crippen LogP contribution in [0.25, 0.3) is 0 Å². The van der Waals surface area contributed by atoms with Crippen molar-refractivity contribution >= 4 is 0 Å². The lowest BCUT2D eigenvalue weighted by molar-refractivity contribution is -0.409. The molecule has 0 aromatic heterocycles. The fraction of sp³-hybridized carbons (Fsp3) is 1.00. The highest BCUT2D eigenvalue weighted by atomic mass is 16.8. The van der Waals surface area contributed by atoms with Crippen molar-refractivity contribution in [3.8, 4) is 0 Å². The Hall–Kier alpha value is -1.20. The van der Waals surface area contributed by atoms with Crippen LogP contribution in [-0.4, -0.2) is 346 Å². The van der Waals surface area contributed by atoms with E-state index in [9.17, 15) is 15.3 Å². The molecule has 0 aliphatic carbocycles. The summed E-state index contributed by atoms with van der Waals surface area (Å²) in [7, 11) is 21.9. The van der Waals surface area contributed by atoms with Crippen LogP contribution in [0, 0.1) is 0 Å². The van der Waals surface area contributed by atoms with Crippen LogP contribution in [-0.2, 0) is 128 Å². The van der Waals surface area contributed by atoms with Gasteiger partial charge in [-0.25, -0.2) is 0 Å². The molecule has 0 spiro atoms. The van der Waals surface area contributed by atoms with Crippen molar-refractivity contribution in [2.24, 2.45) is 0 Å². The summed E-state index contributed by atoms with van der Waals surface area (Å²) in [4.78, 5) is 0. The molecule has 22 rings (SSSR count). The minimum absolute atomic E-state index is 0.0653. The van der Waals surface area contributed by atoms with Crippen LogP contribution in [0.4, 0.5) is 0 Å². The first-order valence-electron chi connectivity index (χ1n) is 26.9. The molecule has 22 aliphatic heterocycles. The van der Waals surface area contributed by atoms with Crippen LogP contribution >= 0.6 is 0 Å². The lowest BCUT2D eigenvalue weighted by Gasteiger charge is -2.53. The van der Waals surface area contributed by atoms with Crippen LogP contribution in [0.1, 0.15) is 0 Å². The third kappa shape index (κ3) is 14.1. The number of rotatable bonds is 21. The minimum Gasteiger partial charge on any atom is -0.394 e. The Labute approximate surface area is 472 Å². The Morgan fingerprint density at radius 3 is 0.494 bits per heavy atom. The quantitative estimate of drug-likeness (QED) is 0.102. The van der Waals surface area contributed by atoms with Crippen LogP contribution in [0.15, 0.2) is 0 Å². The number of ether oxygens (including phenoxy) is 27. The maximum Gasteiger partial charge on any atom is 0.187 e. The van der Waals surface area contributed by atoms with Gasteiger partial charge in [0.05, 0.1) is 39.6 Å². The van der Waals surface area contributed by atoms with E-state index in [0.29, 0.717) is 0 Å². The van der Waals surface area contributed by atoms with Crippen molar-refractivity contribution in [3.63, 3.8) is 0 Å². The summed E-state index contributed by atoms with van der Waals surface area (Å²) >= 11 is 0. The first-order chi connectivity index (χ1) is 39.4. The highest BCUT2D eigenvalue weighted by molar-refractivity contribution is 5.03. The second-order valence-electron chi connectivity index (χ2n) is 20.2. The number of methoxy groups -OCH3 is 15. The molecule has 22 saturated heterocycles. The number of aliphatic hydroxyl groups is 3. The molecule has 0 saturated carbocycles. The van der Waals surface area contributed by atoms with E-state index in [-0.39, 0.29) is 19.8 Å². The molecule has 22 heterocycles. The van der Waals surface area contributed by atoms with Crippen molar-refractivity contribution in [1.29, 1.82) is 0 Å². The highest BCUT2D eigenvalue weighted by Crippen LogP contribution is 2.42. The molecule has 0 aromatic carbocycles. The molecule has 81 heavy (non-hydrogen) atoms. The summed E-state index contributed by atoms with van der Waals surface area (Å²) in [6.07, 6.45) is -32.8. The van der Waals surface area contributed by atoms with Crippen LogP contribution < -0.4 is 0 Å². The molecule has 12 bridgehead atoms. The summed E-state index contributed by atoms with van der Waals surface area (Å²) in [6, 6.07) is 0. The van der Waals surface area contributed by atoms with Crippen molar-refractivity contribution in [1.82, 2.24) is 0 Å². The van der Waals surface area contributed by atoms with Gasteiger partial charge in [-0.1, -0.05) is 0 Å². The van der Waals surface area contributed by atoms with Crippen molar-refractivity contribution in [2.45, 2.75) is 184 Å². The zero-order valence-corrected chi connectivity index (χ0v) is 48.9. The molecule has 474 valence electrons. The van der Waals surface area contributed by atoms with Gasteiger partial charge in [0.1, 0.15) is 146 Å². The fourth-order valence-corrected chi connectivity index (χ4v) is 12.3. The van der Waals surface area contributed by atoms with Crippen molar-refractivity contribution in [3.05, 3.63) is 0 Å². The predicted octanol–water partition coefficient (Wildman–Crippen LogP) is -3.24. The van der Waals surface area contributed by atoms with E-state index in [1.54, 1.807) is 0 Å². The third-order valence-electron chi connectivity index (χ3n) is 16.1. The van der Waals surface area contributed by atoms with Gasteiger partial charge in [0, 0.05) is 107 Å². The molecule has 22 aliphatic rings. The number of aliphatic hydroxyl groups excluding tert-OH is 3. The zero-order chi connectivity index (χ0) is 58.7. The molecule has 30 heteroatoms. The zero-order valence-electron chi connectivity index (χ0n) is 48.9. The number of hydrogen-bond acceptors (Lipinski definition) is 30. The van der Waals surface area contributed by atoms with Gasteiger partial charge >= 0.3 is 0 Å². The van der Waals surface area contributed by atoms with E-state index in [2.05, 4.69) is 0 Å². The number of hydrogen-bond donors (Lipinski definition) is 3. The fourth-order valence-electron chi connectivity index (χ4n) is 12.3. The summed E-state index contributed by atoms with van der Waals surface area (Å²) in [5.41, 5.74) is 0. The molecule has 22 fully saturated rings. The third-order valence-corrected chi connectivity index (χ3v) is 16.1. The Kier molecular flexibility index (Phi) is 26.7. The summed E-state index contributed by atoms with van der Waals surface area (Å²) in [6.45, 7) is -1.99. The first kappa shape index (κ1) is 67.3. The van der Waals surface area contributed by atoms with Crippen LogP contribution in [0.2, 0.25) is 0 Å². The largest absolute Gasteiger partial charge is 0.394 e. The van der Waals surface area contributed by atoms with Gasteiger partial charge in [-0.2, -0.15) is 0 Å². The molecule has 0 radical (unpaired) electrons. The molecule has 0 amide bonds. The monoisotopic (exact) mass is 1180 g/mol. The average Bonchev–Trinajstić information content (AvgIpc) is 3.64. The molecule has 3 N–H and O–H groups in total. The van der Waals surface area contributed by atoms with Crippen LogP contribution in [0.5, 0.6) is 0 Å². The summed E-state index contributed by atoms with van der Waals surface area (Å²) in [5, 5.41) is 33.3. The van der Waals surface area contributed by atoms with E-state index < -0.39 is 204 Å². The molecule has 30 nitrogen and oxygen atoms in total. The van der Waals surface area contributed by atoms with Crippen molar-refractivity contribution in [2.75, 3.05) is 146 Å². The smallest absolute Gasteiger partial charge is 0.187 e. The van der Waals surface area contributed by atoms with Crippen molar-refractivity contribution < 1.29 is 143 Å². The van der Waals surface area contributed by atoms with Gasteiger partial charge in [-0.3, -0.25) is 0 Å². The summed E-state index contributed by atoms with van der Waals surface area (Å²) < 4.78 is 171. The Morgan fingerprint density at radius 2 is 0.358 bits per heavy atom. The lowest BCUT2D eigenvalue weighted by Crippen LogP contribution is -2.70. The van der Waals surface area contributed by atoms with E-state index in [1.807, 2.05) is 0 Å². The first-order valence-corrected chi connectivity index (χ1v) is 26.9. The van der Waals surface area contributed by atoms with Gasteiger partial charge in [0.15, 0.2) is 37.7 Å². The normalized spacial score (nSPS) is 47.3. The van der Waals surface area contributed by atoms with Gasteiger partial charge in [0.2, 0.25) is 0 Å². The topological polar surface area (TPSA) is 310 Å².